The highest BCUT2D eigenvalue weighted by atomic mass is 32.2. The molecule has 0 amide bonds. The van der Waals surface area contributed by atoms with Gasteiger partial charge in [-0.1, -0.05) is 12.1 Å². The number of rotatable bonds is 4. The molecule has 0 saturated carbocycles. The molecule has 3 heteroatoms. The van der Waals surface area contributed by atoms with Crippen LogP contribution < -0.4 is 5.32 Å². The van der Waals surface area contributed by atoms with Crippen molar-refractivity contribution in [3.05, 3.63) is 29.8 Å². The molecule has 2 fully saturated rings. The molecule has 1 N–H and O–H groups in total. The molecule has 0 aliphatic carbocycles. The number of nitrogens with zero attached hydrogens (tertiary/aromatic N) is 1. The zero-order valence-corrected chi connectivity index (χ0v) is 13.3. The molecule has 2 heterocycles. The summed E-state index contributed by atoms with van der Waals surface area (Å²) < 4.78 is 0. The number of benzene rings is 1. The van der Waals surface area contributed by atoms with E-state index in [9.17, 15) is 0 Å². The van der Waals surface area contributed by atoms with Crippen LogP contribution in [0.4, 0.5) is 0 Å². The maximum Gasteiger partial charge on any atom is 0.0233 e. The second-order valence-corrected chi connectivity index (χ2v) is 7.07. The van der Waals surface area contributed by atoms with E-state index in [0.717, 1.165) is 18.5 Å². The highest BCUT2D eigenvalue weighted by Crippen LogP contribution is 2.26. The average Bonchev–Trinajstić information content (AvgIpc) is 3.03. The zero-order chi connectivity index (χ0) is 13.8. The van der Waals surface area contributed by atoms with Gasteiger partial charge in [0.15, 0.2) is 0 Å². The summed E-state index contributed by atoms with van der Waals surface area (Å²) in [6, 6.07) is 9.88. The maximum atomic E-state index is 3.70. The fourth-order valence-electron chi connectivity index (χ4n) is 3.67. The summed E-state index contributed by atoms with van der Waals surface area (Å²) in [5, 5.41) is 3.70. The van der Waals surface area contributed by atoms with Crippen molar-refractivity contribution in [1.82, 2.24) is 10.2 Å². The SMILES string of the molecule is CSc1ccc(CN2CCCC(C3CCCN3)C2)cc1. The van der Waals surface area contributed by atoms with Gasteiger partial charge in [-0.2, -0.15) is 0 Å². The van der Waals surface area contributed by atoms with E-state index < -0.39 is 0 Å². The molecular weight excluding hydrogens is 264 g/mol. The van der Waals surface area contributed by atoms with Crippen molar-refractivity contribution in [2.75, 3.05) is 25.9 Å². The Labute approximate surface area is 127 Å². The van der Waals surface area contributed by atoms with Gasteiger partial charge in [-0.3, -0.25) is 4.90 Å². The van der Waals surface area contributed by atoms with Gasteiger partial charge >= 0.3 is 0 Å². The van der Waals surface area contributed by atoms with Crippen molar-refractivity contribution in [2.45, 2.75) is 43.2 Å². The van der Waals surface area contributed by atoms with Crippen LogP contribution in [0, 0.1) is 5.92 Å². The number of likely N-dealkylation sites (tertiary alicyclic amines) is 1. The monoisotopic (exact) mass is 290 g/mol. The highest BCUT2D eigenvalue weighted by Gasteiger charge is 2.28. The van der Waals surface area contributed by atoms with Gasteiger partial charge in [-0.15, -0.1) is 11.8 Å². The molecular formula is C17H26N2S. The lowest BCUT2D eigenvalue weighted by Crippen LogP contribution is -2.43. The molecule has 2 atom stereocenters. The lowest BCUT2D eigenvalue weighted by atomic mass is 9.89. The molecule has 2 nitrogen and oxygen atoms in total. The van der Waals surface area contributed by atoms with E-state index in [2.05, 4.69) is 40.7 Å². The average molecular weight is 290 g/mol. The van der Waals surface area contributed by atoms with E-state index >= 15 is 0 Å². The lowest BCUT2D eigenvalue weighted by molar-refractivity contribution is 0.145. The van der Waals surface area contributed by atoms with Gasteiger partial charge in [0, 0.05) is 24.0 Å². The van der Waals surface area contributed by atoms with Crippen LogP contribution >= 0.6 is 11.8 Å². The van der Waals surface area contributed by atoms with E-state index in [1.165, 1.54) is 55.8 Å². The zero-order valence-electron chi connectivity index (χ0n) is 12.5. The first kappa shape index (κ1) is 14.4. The predicted molar refractivity (Wildman–Crippen MR) is 87.2 cm³/mol. The van der Waals surface area contributed by atoms with Gasteiger partial charge in [-0.05, 0) is 68.6 Å². The molecule has 1 aromatic rings. The Morgan fingerprint density at radius 1 is 1.20 bits per heavy atom. The van der Waals surface area contributed by atoms with Crippen LogP contribution in [-0.4, -0.2) is 36.8 Å². The van der Waals surface area contributed by atoms with Crippen LogP contribution in [-0.2, 0) is 6.54 Å². The topological polar surface area (TPSA) is 15.3 Å². The van der Waals surface area contributed by atoms with E-state index in [4.69, 9.17) is 0 Å². The maximum absolute atomic E-state index is 3.70. The standard InChI is InChI=1S/C17H26N2S/c1-20-16-8-6-14(7-9-16)12-19-11-3-4-15(13-19)17-5-2-10-18-17/h6-9,15,17-18H,2-5,10-13H2,1H3. The summed E-state index contributed by atoms with van der Waals surface area (Å²) in [4.78, 5) is 4.02. The van der Waals surface area contributed by atoms with Crippen molar-refractivity contribution in [3.8, 4) is 0 Å². The first-order valence-electron chi connectivity index (χ1n) is 7.94. The summed E-state index contributed by atoms with van der Waals surface area (Å²) in [6.45, 7) is 4.91. The van der Waals surface area contributed by atoms with Gasteiger partial charge in [-0.25, -0.2) is 0 Å². The number of hydrogen-bond donors (Lipinski definition) is 1. The number of thioether (sulfide) groups is 1. The van der Waals surface area contributed by atoms with Gasteiger partial charge in [0.2, 0.25) is 0 Å². The highest BCUT2D eigenvalue weighted by molar-refractivity contribution is 7.98. The summed E-state index contributed by atoms with van der Waals surface area (Å²) >= 11 is 1.82. The van der Waals surface area contributed by atoms with Crippen molar-refractivity contribution in [3.63, 3.8) is 0 Å². The van der Waals surface area contributed by atoms with Gasteiger partial charge in [0.1, 0.15) is 0 Å². The van der Waals surface area contributed by atoms with Gasteiger partial charge < -0.3 is 5.32 Å². The fraction of sp³-hybridized carbons (Fsp3) is 0.647. The molecule has 2 aliphatic heterocycles. The second-order valence-electron chi connectivity index (χ2n) is 6.19. The minimum atomic E-state index is 0.789. The third kappa shape index (κ3) is 3.57. The second kappa shape index (κ2) is 6.97. The van der Waals surface area contributed by atoms with Crippen LogP contribution in [0.5, 0.6) is 0 Å². The molecule has 2 aliphatic rings. The Morgan fingerprint density at radius 3 is 2.75 bits per heavy atom. The molecule has 0 radical (unpaired) electrons. The molecule has 20 heavy (non-hydrogen) atoms. The Balaban J connectivity index is 1.56. The van der Waals surface area contributed by atoms with Crippen molar-refractivity contribution < 1.29 is 0 Å². The lowest BCUT2D eigenvalue weighted by Gasteiger charge is -2.35. The minimum Gasteiger partial charge on any atom is -0.314 e. The molecule has 0 spiro atoms. The smallest absolute Gasteiger partial charge is 0.0233 e. The van der Waals surface area contributed by atoms with Crippen molar-refractivity contribution >= 4 is 11.8 Å². The summed E-state index contributed by atoms with van der Waals surface area (Å²) in [6.07, 6.45) is 7.68. The van der Waals surface area contributed by atoms with Crippen LogP contribution in [0.15, 0.2) is 29.2 Å². The molecule has 0 aromatic heterocycles. The molecule has 3 rings (SSSR count). The van der Waals surface area contributed by atoms with Gasteiger partial charge in [0.25, 0.3) is 0 Å². The first-order valence-corrected chi connectivity index (χ1v) is 9.16. The molecule has 110 valence electrons. The van der Waals surface area contributed by atoms with Crippen molar-refractivity contribution in [1.29, 1.82) is 0 Å². The molecule has 2 unspecified atom stereocenters. The molecule has 1 aromatic carbocycles. The third-order valence-corrected chi connectivity index (χ3v) is 5.52. The largest absolute Gasteiger partial charge is 0.314 e. The molecule has 2 saturated heterocycles. The minimum absolute atomic E-state index is 0.789. The Bertz CT molecular complexity index is 412. The first-order chi connectivity index (χ1) is 9.85. The number of piperidine rings is 1. The fourth-order valence-corrected chi connectivity index (χ4v) is 4.07. The summed E-state index contributed by atoms with van der Waals surface area (Å²) in [5.41, 5.74) is 1.46. The predicted octanol–water partition coefficient (Wildman–Crippen LogP) is 3.37. The number of hydrogen-bond acceptors (Lipinski definition) is 3. The van der Waals surface area contributed by atoms with Crippen LogP contribution in [0.25, 0.3) is 0 Å². The quantitative estimate of drug-likeness (QED) is 0.856. The van der Waals surface area contributed by atoms with E-state index in [1.54, 1.807) is 0 Å². The van der Waals surface area contributed by atoms with Gasteiger partial charge in [0.05, 0.1) is 0 Å². The third-order valence-electron chi connectivity index (χ3n) is 4.77. The molecule has 0 bridgehead atoms. The normalized spacial score (nSPS) is 27.9. The van der Waals surface area contributed by atoms with E-state index in [1.807, 2.05) is 11.8 Å². The number of nitrogens with one attached hydrogen (secondary N) is 1. The van der Waals surface area contributed by atoms with Crippen molar-refractivity contribution in [2.24, 2.45) is 5.92 Å². The van der Waals surface area contributed by atoms with E-state index in [0.29, 0.717) is 0 Å². The van der Waals surface area contributed by atoms with Crippen LogP contribution in [0.2, 0.25) is 0 Å². The Kier molecular flexibility index (Phi) is 5.03. The van der Waals surface area contributed by atoms with Crippen LogP contribution in [0.3, 0.4) is 0 Å². The van der Waals surface area contributed by atoms with Crippen LogP contribution in [0.1, 0.15) is 31.2 Å². The summed E-state index contributed by atoms with van der Waals surface area (Å²) in [7, 11) is 0. The Hall–Kier alpha value is -0.510. The Morgan fingerprint density at radius 2 is 2.05 bits per heavy atom. The summed E-state index contributed by atoms with van der Waals surface area (Å²) in [5.74, 6) is 0.872. The van der Waals surface area contributed by atoms with E-state index in [-0.39, 0.29) is 0 Å².